The quantitative estimate of drug-likeness (QED) is 0.840. The standard InChI is InChI=1S/C10H9ClFN5/c1-17-3-2-5-4-6(11)8(12)7(9(5)17)10-13-15-16-14-10/h4H,2-3H2,1H3,(H,13,14,15,16). The minimum atomic E-state index is -0.499. The fraction of sp³-hybridized carbons (Fsp3) is 0.300. The lowest BCUT2D eigenvalue weighted by molar-refractivity contribution is 0.630. The van der Waals surface area contributed by atoms with Crippen molar-refractivity contribution >= 4 is 17.3 Å². The Bertz CT molecular complexity index is 569. The van der Waals surface area contributed by atoms with Crippen LogP contribution >= 0.6 is 11.6 Å². The summed E-state index contributed by atoms with van der Waals surface area (Å²) in [6, 6.07) is 1.67. The predicted octanol–water partition coefficient (Wildman–Crippen LogP) is 1.65. The van der Waals surface area contributed by atoms with Crippen molar-refractivity contribution in [1.82, 2.24) is 20.6 Å². The third kappa shape index (κ3) is 1.48. The maximum atomic E-state index is 14.1. The fourth-order valence-electron chi connectivity index (χ4n) is 2.17. The monoisotopic (exact) mass is 253 g/mol. The van der Waals surface area contributed by atoms with Crippen LogP contribution in [0.3, 0.4) is 0 Å². The van der Waals surface area contributed by atoms with E-state index in [2.05, 4.69) is 20.6 Å². The van der Waals surface area contributed by atoms with Gasteiger partial charge in [-0.05, 0) is 23.3 Å². The summed E-state index contributed by atoms with van der Waals surface area (Å²) >= 11 is 5.88. The van der Waals surface area contributed by atoms with Gasteiger partial charge in [-0.3, -0.25) is 0 Å². The number of anilines is 1. The lowest BCUT2D eigenvalue weighted by Gasteiger charge is -2.16. The Kier molecular flexibility index (Phi) is 2.25. The van der Waals surface area contributed by atoms with E-state index in [1.807, 2.05) is 11.9 Å². The number of aromatic amines is 1. The Morgan fingerprint density at radius 2 is 2.35 bits per heavy atom. The van der Waals surface area contributed by atoms with Crippen LogP contribution in [0.1, 0.15) is 5.56 Å². The maximum absolute atomic E-state index is 14.1. The zero-order chi connectivity index (χ0) is 12.0. The van der Waals surface area contributed by atoms with Crippen molar-refractivity contribution in [2.24, 2.45) is 0 Å². The van der Waals surface area contributed by atoms with Crippen LogP contribution in [0.4, 0.5) is 10.1 Å². The number of hydrogen-bond donors (Lipinski definition) is 1. The van der Waals surface area contributed by atoms with E-state index in [-0.39, 0.29) is 10.8 Å². The topological polar surface area (TPSA) is 57.7 Å². The number of likely N-dealkylation sites (N-methyl/N-ethyl adjacent to an activating group) is 1. The zero-order valence-corrected chi connectivity index (χ0v) is 9.79. The van der Waals surface area contributed by atoms with Crippen molar-refractivity contribution in [1.29, 1.82) is 0 Å². The van der Waals surface area contributed by atoms with E-state index >= 15 is 0 Å². The largest absolute Gasteiger partial charge is 0.373 e. The highest BCUT2D eigenvalue weighted by Crippen LogP contribution is 2.40. The summed E-state index contributed by atoms with van der Waals surface area (Å²) < 4.78 is 14.1. The first-order valence-electron chi connectivity index (χ1n) is 5.14. The van der Waals surface area contributed by atoms with Crippen LogP contribution in [0.2, 0.25) is 5.02 Å². The van der Waals surface area contributed by atoms with Crippen LogP contribution in [0.15, 0.2) is 6.07 Å². The number of H-pyrrole nitrogens is 1. The van der Waals surface area contributed by atoms with E-state index in [1.54, 1.807) is 6.07 Å². The first-order chi connectivity index (χ1) is 8.18. The fourth-order valence-corrected chi connectivity index (χ4v) is 2.39. The van der Waals surface area contributed by atoms with Crippen LogP contribution in [0.25, 0.3) is 11.4 Å². The van der Waals surface area contributed by atoms with Gasteiger partial charge in [0.15, 0.2) is 5.82 Å². The van der Waals surface area contributed by atoms with Gasteiger partial charge in [0.05, 0.1) is 16.3 Å². The molecule has 0 amide bonds. The molecule has 0 atom stereocenters. The number of rotatable bonds is 1. The molecule has 1 aliphatic heterocycles. The molecule has 7 heteroatoms. The highest BCUT2D eigenvalue weighted by molar-refractivity contribution is 6.31. The SMILES string of the molecule is CN1CCc2cc(Cl)c(F)c(-c3nn[nH]n3)c21. The van der Waals surface area contributed by atoms with Gasteiger partial charge < -0.3 is 4.90 Å². The molecular formula is C10H9ClFN5. The number of benzene rings is 1. The van der Waals surface area contributed by atoms with Crippen molar-refractivity contribution in [3.05, 3.63) is 22.5 Å². The molecule has 2 aromatic rings. The maximum Gasteiger partial charge on any atom is 0.209 e. The highest BCUT2D eigenvalue weighted by atomic mass is 35.5. The average Bonchev–Trinajstić information content (AvgIpc) is 2.92. The molecule has 2 heterocycles. The molecule has 0 unspecified atom stereocenters. The van der Waals surface area contributed by atoms with Gasteiger partial charge in [0.25, 0.3) is 0 Å². The summed E-state index contributed by atoms with van der Waals surface area (Å²) in [7, 11) is 1.91. The van der Waals surface area contributed by atoms with Crippen LogP contribution < -0.4 is 4.90 Å². The Labute approximate surface area is 102 Å². The third-order valence-corrected chi connectivity index (χ3v) is 3.21. The number of nitrogens with zero attached hydrogens (tertiary/aromatic N) is 4. The van der Waals surface area contributed by atoms with Crippen LogP contribution in [-0.2, 0) is 6.42 Å². The molecular weight excluding hydrogens is 245 g/mol. The Morgan fingerprint density at radius 1 is 1.53 bits per heavy atom. The number of aromatic nitrogens is 4. The molecule has 0 radical (unpaired) electrons. The number of hydrogen-bond acceptors (Lipinski definition) is 4. The average molecular weight is 254 g/mol. The molecule has 1 N–H and O–H groups in total. The van der Waals surface area contributed by atoms with Gasteiger partial charge in [0.1, 0.15) is 0 Å². The van der Waals surface area contributed by atoms with Gasteiger partial charge >= 0.3 is 0 Å². The molecule has 0 saturated carbocycles. The molecule has 88 valence electrons. The normalized spacial score (nSPS) is 14.2. The second-order valence-electron chi connectivity index (χ2n) is 3.96. The van der Waals surface area contributed by atoms with Crippen molar-refractivity contribution in [2.45, 2.75) is 6.42 Å². The smallest absolute Gasteiger partial charge is 0.209 e. The molecule has 0 spiro atoms. The Hall–Kier alpha value is -1.69. The molecule has 0 fully saturated rings. The second-order valence-corrected chi connectivity index (χ2v) is 4.37. The minimum absolute atomic E-state index is 0.0962. The summed E-state index contributed by atoms with van der Waals surface area (Å²) in [6.07, 6.45) is 0.844. The number of halogens is 2. The molecule has 0 saturated heterocycles. The first kappa shape index (κ1) is 10.5. The van der Waals surface area contributed by atoms with E-state index in [0.717, 1.165) is 24.2 Å². The molecule has 3 rings (SSSR count). The van der Waals surface area contributed by atoms with Crippen molar-refractivity contribution < 1.29 is 4.39 Å². The van der Waals surface area contributed by atoms with Crippen molar-refractivity contribution in [2.75, 3.05) is 18.5 Å². The Balaban J connectivity index is 2.33. The highest BCUT2D eigenvalue weighted by Gasteiger charge is 2.27. The molecule has 0 aliphatic carbocycles. The zero-order valence-electron chi connectivity index (χ0n) is 9.04. The van der Waals surface area contributed by atoms with Gasteiger partial charge in [-0.25, -0.2) is 4.39 Å². The molecule has 5 nitrogen and oxygen atoms in total. The molecule has 0 bridgehead atoms. The molecule has 1 aromatic carbocycles. The number of fused-ring (bicyclic) bond motifs is 1. The van der Waals surface area contributed by atoms with Crippen LogP contribution in [0, 0.1) is 5.82 Å². The van der Waals surface area contributed by atoms with Gasteiger partial charge in [0, 0.05) is 13.6 Å². The Morgan fingerprint density at radius 3 is 3.06 bits per heavy atom. The van der Waals surface area contributed by atoms with E-state index in [9.17, 15) is 4.39 Å². The van der Waals surface area contributed by atoms with E-state index in [0.29, 0.717) is 5.56 Å². The van der Waals surface area contributed by atoms with Crippen molar-refractivity contribution in [3.8, 4) is 11.4 Å². The first-order valence-corrected chi connectivity index (χ1v) is 5.52. The summed E-state index contributed by atoms with van der Waals surface area (Å²) in [6.45, 7) is 0.833. The summed E-state index contributed by atoms with van der Waals surface area (Å²) in [5.41, 5.74) is 2.13. The van der Waals surface area contributed by atoms with Gasteiger partial charge in [0.2, 0.25) is 5.82 Å². The minimum Gasteiger partial charge on any atom is -0.373 e. The lowest BCUT2D eigenvalue weighted by atomic mass is 10.1. The third-order valence-electron chi connectivity index (χ3n) is 2.94. The molecule has 17 heavy (non-hydrogen) atoms. The molecule has 1 aromatic heterocycles. The van der Waals surface area contributed by atoms with Gasteiger partial charge in [-0.1, -0.05) is 11.6 Å². The van der Waals surface area contributed by atoms with Crippen LogP contribution in [-0.4, -0.2) is 34.2 Å². The van der Waals surface area contributed by atoms with E-state index < -0.39 is 5.82 Å². The van der Waals surface area contributed by atoms with Crippen LogP contribution in [0.5, 0.6) is 0 Å². The number of tetrazole rings is 1. The van der Waals surface area contributed by atoms with Gasteiger partial charge in [-0.2, -0.15) is 5.21 Å². The van der Waals surface area contributed by atoms with Crippen molar-refractivity contribution in [3.63, 3.8) is 0 Å². The second kappa shape index (κ2) is 3.66. The lowest BCUT2D eigenvalue weighted by Crippen LogP contribution is -2.14. The van der Waals surface area contributed by atoms with Gasteiger partial charge in [-0.15, -0.1) is 10.2 Å². The summed E-state index contributed by atoms with van der Waals surface area (Å²) in [4.78, 5) is 1.97. The summed E-state index contributed by atoms with van der Waals surface area (Å²) in [5.74, 6) is -0.268. The van der Waals surface area contributed by atoms with E-state index in [4.69, 9.17) is 11.6 Å². The number of nitrogens with one attached hydrogen (secondary N) is 1. The van der Waals surface area contributed by atoms with E-state index in [1.165, 1.54) is 0 Å². The predicted molar refractivity (Wildman–Crippen MR) is 61.6 cm³/mol. The summed E-state index contributed by atoms with van der Waals surface area (Å²) in [5, 5.41) is 13.5. The molecule has 1 aliphatic rings.